The third-order valence-corrected chi connectivity index (χ3v) is 4.75. The molecule has 0 aliphatic carbocycles. The first-order valence-corrected chi connectivity index (χ1v) is 9.96. The van der Waals surface area contributed by atoms with Gasteiger partial charge in [-0.05, 0) is 12.1 Å². The molecule has 0 spiro atoms. The van der Waals surface area contributed by atoms with Crippen molar-refractivity contribution in [3.05, 3.63) is 36.0 Å². The molecule has 1 heterocycles. The van der Waals surface area contributed by atoms with Gasteiger partial charge in [0, 0.05) is 30.8 Å². The summed E-state index contributed by atoms with van der Waals surface area (Å²) in [5.74, 6) is -1.72. The number of hydrogen-bond acceptors (Lipinski definition) is 5. The van der Waals surface area contributed by atoms with Crippen molar-refractivity contribution in [1.29, 1.82) is 5.26 Å². The Kier molecular flexibility index (Phi) is 6.00. The molecule has 9 heteroatoms. The van der Waals surface area contributed by atoms with Crippen LogP contribution < -0.4 is 10.6 Å². The Bertz CT molecular complexity index is 972. The Balaban J connectivity index is 2.22. The minimum absolute atomic E-state index is 0.0828. The van der Waals surface area contributed by atoms with Gasteiger partial charge in [0.25, 0.3) is 5.91 Å². The molecule has 26 heavy (non-hydrogen) atoms. The van der Waals surface area contributed by atoms with E-state index in [1.165, 1.54) is 0 Å². The summed E-state index contributed by atoms with van der Waals surface area (Å²) >= 11 is 0. The second-order valence-electron chi connectivity index (χ2n) is 5.97. The minimum atomic E-state index is -3.51. The molecule has 2 N–H and O–H groups in total. The number of rotatable bonds is 7. The summed E-state index contributed by atoms with van der Waals surface area (Å²) < 4.78 is 24.9. The number of aryl methyl sites for hydroxylation is 1. The van der Waals surface area contributed by atoms with Crippen LogP contribution in [0.1, 0.15) is 16.9 Å². The monoisotopic (exact) mass is 376 g/mol. The molecule has 0 fully saturated rings. The average Bonchev–Trinajstić information content (AvgIpc) is 2.90. The molecule has 2 amide bonds. The van der Waals surface area contributed by atoms with Crippen LogP contribution in [0.5, 0.6) is 0 Å². The number of nitriles is 1. The van der Waals surface area contributed by atoms with E-state index < -0.39 is 33.4 Å². The SMILES string of the molecule is Cn1c(C(=O)NC(CS(C)(=O)=O)C(=O)NCCC#N)cc2ccccc21. The first kappa shape index (κ1) is 19.5. The fourth-order valence-electron chi connectivity index (χ4n) is 2.59. The van der Waals surface area contributed by atoms with Gasteiger partial charge in [-0.25, -0.2) is 8.42 Å². The lowest BCUT2D eigenvalue weighted by Gasteiger charge is -2.17. The maximum atomic E-state index is 12.6. The Morgan fingerprint density at radius 1 is 1.31 bits per heavy atom. The van der Waals surface area contributed by atoms with E-state index in [0.717, 1.165) is 17.2 Å². The number of aromatic nitrogens is 1. The van der Waals surface area contributed by atoms with Crippen LogP contribution in [0.4, 0.5) is 0 Å². The second kappa shape index (κ2) is 8.01. The van der Waals surface area contributed by atoms with Gasteiger partial charge in [0.2, 0.25) is 5.91 Å². The molecule has 138 valence electrons. The van der Waals surface area contributed by atoms with Crippen molar-refractivity contribution < 1.29 is 18.0 Å². The molecule has 0 saturated carbocycles. The van der Waals surface area contributed by atoms with Gasteiger partial charge in [0.05, 0.1) is 18.2 Å². The predicted octanol–water partition coefficient (Wildman–Crippen LogP) is 0.351. The molecule has 0 aliphatic heterocycles. The third kappa shape index (κ3) is 4.83. The Morgan fingerprint density at radius 3 is 2.62 bits per heavy atom. The van der Waals surface area contributed by atoms with Gasteiger partial charge < -0.3 is 15.2 Å². The van der Waals surface area contributed by atoms with Crippen LogP contribution in [-0.4, -0.2) is 49.4 Å². The Morgan fingerprint density at radius 2 is 2.00 bits per heavy atom. The highest BCUT2D eigenvalue weighted by molar-refractivity contribution is 7.90. The lowest BCUT2D eigenvalue weighted by Crippen LogP contribution is -2.50. The van der Waals surface area contributed by atoms with E-state index in [1.807, 2.05) is 30.3 Å². The average molecular weight is 376 g/mol. The van der Waals surface area contributed by atoms with Gasteiger partial charge >= 0.3 is 0 Å². The molecule has 0 saturated heterocycles. The molecule has 2 aromatic rings. The summed E-state index contributed by atoms with van der Waals surface area (Å²) in [6.07, 6.45) is 1.08. The Hall–Kier alpha value is -2.86. The zero-order valence-corrected chi connectivity index (χ0v) is 15.3. The fourth-order valence-corrected chi connectivity index (χ4v) is 3.43. The number of nitrogens with zero attached hydrogens (tertiary/aromatic N) is 2. The van der Waals surface area contributed by atoms with Crippen LogP contribution >= 0.6 is 0 Å². The summed E-state index contributed by atoms with van der Waals surface area (Å²) in [5, 5.41) is 14.3. The number of sulfone groups is 1. The number of carbonyl (C=O) groups is 2. The van der Waals surface area contributed by atoms with E-state index in [4.69, 9.17) is 5.26 Å². The topological polar surface area (TPSA) is 121 Å². The van der Waals surface area contributed by atoms with Crippen molar-refractivity contribution in [3.8, 4) is 6.07 Å². The number of nitrogens with one attached hydrogen (secondary N) is 2. The molecular formula is C17H20N4O4S. The normalized spacial score (nSPS) is 12.3. The first-order chi connectivity index (χ1) is 12.2. The number of carbonyl (C=O) groups excluding carboxylic acids is 2. The van der Waals surface area contributed by atoms with E-state index in [2.05, 4.69) is 10.6 Å². The smallest absolute Gasteiger partial charge is 0.268 e. The van der Waals surface area contributed by atoms with Crippen LogP contribution in [0.3, 0.4) is 0 Å². The largest absolute Gasteiger partial charge is 0.353 e. The standard InChI is InChI=1S/C17H20N4O4S/c1-21-14-7-4-3-6-12(14)10-15(21)17(23)20-13(11-26(2,24)25)16(22)19-9-5-8-18/h3-4,6-7,10,13H,5,9,11H2,1-2H3,(H,19,22)(H,20,23). The number of fused-ring (bicyclic) bond motifs is 1. The van der Waals surface area contributed by atoms with E-state index in [9.17, 15) is 18.0 Å². The first-order valence-electron chi connectivity index (χ1n) is 7.90. The molecule has 1 aromatic heterocycles. The zero-order chi connectivity index (χ0) is 19.3. The lowest BCUT2D eigenvalue weighted by atomic mass is 10.2. The second-order valence-corrected chi connectivity index (χ2v) is 8.15. The van der Waals surface area contributed by atoms with E-state index in [1.54, 1.807) is 17.7 Å². The van der Waals surface area contributed by atoms with Crippen molar-refractivity contribution in [2.45, 2.75) is 12.5 Å². The summed E-state index contributed by atoms with van der Waals surface area (Å²) in [6.45, 7) is 0.0828. The van der Waals surface area contributed by atoms with Crippen molar-refractivity contribution in [2.75, 3.05) is 18.6 Å². The highest BCUT2D eigenvalue weighted by Crippen LogP contribution is 2.18. The van der Waals surface area contributed by atoms with E-state index in [-0.39, 0.29) is 13.0 Å². The summed E-state index contributed by atoms with van der Waals surface area (Å²) in [7, 11) is -1.79. The molecule has 8 nitrogen and oxygen atoms in total. The number of para-hydroxylation sites is 1. The Labute approximate surface area is 151 Å². The molecule has 0 bridgehead atoms. The minimum Gasteiger partial charge on any atom is -0.353 e. The van der Waals surface area contributed by atoms with Crippen LogP contribution in [-0.2, 0) is 21.7 Å². The molecule has 0 radical (unpaired) electrons. The molecule has 1 aromatic carbocycles. The maximum absolute atomic E-state index is 12.6. The number of hydrogen-bond donors (Lipinski definition) is 2. The molecule has 0 aliphatic rings. The van der Waals surface area contributed by atoms with Gasteiger partial charge in [-0.1, -0.05) is 18.2 Å². The zero-order valence-electron chi connectivity index (χ0n) is 14.5. The highest BCUT2D eigenvalue weighted by atomic mass is 32.2. The molecule has 1 unspecified atom stereocenters. The quantitative estimate of drug-likeness (QED) is 0.676. The molecule has 1 atom stereocenters. The van der Waals surface area contributed by atoms with Crippen LogP contribution in [0.25, 0.3) is 10.9 Å². The fraction of sp³-hybridized carbons (Fsp3) is 0.353. The van der Waals surface area contributed by atoms with Crippen molar-refractivity contribution >= 4 is 32.6 Å². The summed E-state index contributed by atoms with van der Waals surface area (Å²) in [4.78, 5) is 24.8. The highest BCUT2D eigenvalue weighted by Gasteiger charge is 2.26. The predicted molar refractivity (Wildman–Crippen MR) is 97.1 cm³/mol. The van der Waals surface area contributed by atoms with Crippen LogP contribution in [0, 0.1) is 11.3 Å². The summed E-state index contributed by atoms with van der Waals surface area (Å²) in [6, 6.07) is 9.71. The van der Waals surface area contributed by atoms with Crippen molar-refractivity contribution in [2.24, 2.45) is 7.05 Å². The van der Waals surface area contributed by atoms with Gasteiger partial charge in [0.1, 0.15) is 21.6 Å². The van der Waals surface area contributed by atoms with Crippen LogP contribution in [0.2, 0.25) is 0 Å². The number of amides is 2. The van der Waals surface area contributed by atoms with E-state index in [0.29, 0.717) is 5.69 Å². The number of benzene rings is 1. The van der Waals surface area contributed by atoms with Gasteiger partial charge in [0.15, 0.2) is 0 Å². The van der Waals surface area contributed by atoms with Crippen molar-refractivity contribution in [3.63, 3.8) is 0 Å². The maximum Gasteiger partial charge on any atom is 0.268 e. The molecule has 2 rings (SSSR count). The molecular weight excluding hydrogens is 356 g/mol. The van der Waals surface area contributed by atoms with Crippen LogP contribution in [0.15, 0.2) is 30.3 Å². The van der Waals surface area contributed by atoms with Gasteiger partial charge in [-0.15, -0.1) is 0 Å². The van der Waals surface area contributed by atoms with Crippen molar-refractivity contribution in [1.82, 2.24) is 15.2 Å². The van der Waals surface area contributed by atoms with Gasteiger partial charge in [-0.3, -0.25) is 9.59 Å². The third-order valence-electron chi connectivity index (χ3n) is 3.81. The summed E-state index contributed by atoms with van der Waals surface area (Å²) in [5.41, 5.74) is 1.16. The van der Waals surface area contributed by atoms with E-state index >= 15 is 0 Å². The van der Waals surface area contributed by atoms with Gasteiger partial charge in [-0.2, -0.15) is 5.26 Å². The lowest BCUT2D eigenvalue weighted by molar-refractivity contribution is -0.122.